The number of halogens is 3. The molecule has 2 N–H and O–H groups in total. The number of aryl methyl sites for hydroxylation is 2. The Bertz CT molecular complexity index is 1080. The van der Waals surface area contributed by atoms with Crippen molar-refractivity contribution in [3.05, 3.63) is 59.7 Å². The first-order chi connectivity index (χ1) is 13.7. The van der Waals surface area contributed by atoms with Crippen LogP contribution < -0.4 is 9.44 Å². The van der Waals surface area contributed by atoms with E-state index in [1.165, 1.54) is 48.5 Å². The summed E-state index contributed by atoms with van der Waals surface area (Å²) in [5.41, 5.74) is -1.52. The molecule has 0 aromatic heterocycles. The predicted octanol–water partition coefficient (Wildman–Crippen LogP) is 3.27. The van der Waals surface area contributed by atoms with E-state index in [-0.39, 0.29) is 9.79 Å². The summed E-state index contributed by atoms with van der Waals surface area (Å²) in [4.78, 5) is -0.571. The molecule has 2 rings (SSSR count). The van der Waals surface area contributed by atoms with Gasteiger partial charge in [0, 0.05) is 6.54 Å². The fourth-order valence-corrected chi connectivity index (χ4v) is 5.20. The van der Waals surface area contributed by atoms with E-state index in [0.29, 0.717) is 0 Å². The standard InChI is InChI=1S/C19H23F3N2O4S2/c1-4-18(19(20,21)22,24-30(27,28)17-11-7-15(3)8-12-17)13-23-29(25,26)16-9-5-14(2)6-10-16/h5-12,23-24H,4,13H2,1-3H3/t18-/m0/s1. The van der Waals surface area contributed by atoms with E-state index in [4.69, 9.17) is 0 Å². The Hall–Kier alpha value is -1.95. The number of alkyl halides is 3. The topological polar surface area (TPSA) is 92.3 Å². The lowest BCUT2D eigenvalue weighted by atomic mass is 9.97. The summed E-state index contributed by atoms with van der Waals surface area (Å²) < 4.78 is 95.6. The summed E-state index contributed by atoms with van der Waals surface area (Å²) in [5, 5.41) is 0. The van der Waals surface area contributed by atoms with Gasteiger partial charge in [-0.15, -0.1) is 0 Å². The number of benzene rings is 2. The summed E-state index contributed by atoms with van der Waals surface area (Å²) in [6.45, 7) is 3.37. The maximum Gasteiger partial charge on any atom is 0.408 e. The molecule has 0 aliphatic rings. The molecule has 0 fully saturated rings. The first-order valence-corrected chi connectivity index (χ1v) is 11.9. The molecule has 0 aliphatic carbocycles. The van der Waals surface area contributed by atoms with Gasteiger partial charge in [-0.05, 0) is 44.5 Å². The smallest absolute Gasteiger partial charge is 0.209 e. The largest absolute Gasteiger partial charge is 0.408 e. The molecule has 0 spiro atoms. The SMILES string of the molecule is CC[C@@](CNS(=O)(=O)c1ccc(C)cc1)(NS(=O)(=O)c1ccc(C)cc1)C(F)(F)F. The zero-order valence-electron chi connectivity index (χ0n) is 16.6. The Labute approximate surface area is 174 Å². The van der Waals surface area contributed by atoms with Gasteiger partial charge in [-0.3, -0.25) is 0 Å². The molecule has 6 nitrogen and oxygen atoms in total. The second-order valence-corrected chi connectivity index (χ2v) is 10.4. The zero-order valence-corrected chi connectivity index (χ0v) is 18.2. The Balaban J connectivity index is 2.37. The van der Waals surface area contributed by atoms with Gasteiger partial charge in [0.25, 0.3) is 0 Å². The lowest BCUT2D eigenvalue weighted by Gasteiger charge is -2.35. The zero-order chi connectivity index (χ0) is 22.8. The number of nitrogens with one attached hydrogen (secondary N) is 2. The Morgan fingerprint density at radius 3 is 1.53 bits per heavy atom. The number of rotatable bonds is 8. The van der Waals surface area contributed by atoms with Gasteiger partial charge in [0.15, 0.2) is 0 Å². The van der Waals surface area contributed by atoms with E-state index in [1.54, 1.807) is 18.6 Å². The highest BCUT2D eigenvalue weighted by Gasteiger charge is 2.56. The Morgan fingerprint density at radius 2 is 1.17 bits per heavy atom. The highest BCUT2D eigenvalue weighted by atomic mass is 32.2. The minimum absolute atomic E-state index is 0.221. The van der Waals surface area contributed by atoms with Crippen molar-refractivity contribution in [1.29, 1.82) is 0 Å². The van der Waals surface area contributed by atoms with Crippen LogP contribution in [0.1, 0.15) is 24.5 Å². The van der Waals surface area contributed by atoms with Crippen LogP contribution in [0.15, 0.2) is 58.3 Å². The molecule has 0 radical (unpaired) electrons. The van der Waals surface area contributed by atoms with Crippen molar-refractivity contribution < 1.29 is 30.0 Å². The molecule has 0 saturated heterocycles. The van der Waals surface area contributed by atoms with Crippen LogP contribution in [0.5, 0.6) is 0 Å². The molecule has 0 heterocycles. The van der Waals surface area contributed by atoms with E-state index in [1.807, 2.05) is 4.72 Å². The molecule has 0 saturated carbocycles. The fraction of sp³-hybridized carbons (Fsp3) is 0.368. The lowest BCUT2D eigenvalue weighted by molar-refractivity contribution is -0.189. The van der Waals surface area contributed by atoms with Gasteiger partial charge in [0.1, 0.15) is 5.54 Å². The van der Waals surface area contributed by atoms with Gasteiger partial charge in [-0.1, -0.05) is 42.3 Å². The van der Waals surface area contributed by atoms with Crippen molar-refractivity contribution in [3.8, 4) is 0 Å². The monoisotopic (exact) mass is 464 g/mol. The highest BCUT2D eigenvalue weighted by Crippen LogP contribution is 2.34. The molecule has 2 aromatic rings. The maximum atomic E-state index is 14.0. The lowest BCUT2D eigenvalue weighted by Crippen LogP contribution is -2.63. The summed E-state index contributed by atoms with van der Waals surface area (Å²) in [6.07, 6.45) is -5.78. The average molecular weight is 465 g/mol. The van der Waals surface area contributed by atoms with Crippen molar-refractivity contribution in [3.63, 3.8) is 0 Å². The number of hydrogen-bond donors (Lipinski definition) is 2. The van der Waals surface area contributed by atoms with Gasteiger partial charge in [0.05, 0.1) is 9.79 Å². The fourth-order valence-electron chi connectivity index (χ4n) is 2.64. The third kappa shape index (κ3) is 5.39. The third-order valence-electron chi connectivity index (χ3n) is 4.70. The molecule has 0 amide bonds. The van der Waals surface area contributed by atoms with Crippen LogP contribution in [0.25, 0.3) is 0 Å². The summed E-state index contributed by atoms with van der Waals surface area (Å²) >= 11 is 0. The van der Waals surface area contributed by atoms with Gasteiger partial charge >= 0.3 is 6.18 Å². The number of sulfonamides is 2. The van der Waals surface area contributed by atoms with E-state index in [0.717, 1.165) is 18.1 Å². The summed E-state index contributed by atoms with van der Waals surface area (Å²) in [5.74, 6) is 0. The molecular formula is C19H23F3N2O4S2. The molecule has 0 aliphatic heterocycles. The van der Waals surface area contributed by atoms with Crippen molar-refractivity contribution in [2.24, 2.45) is 0 Å². The highest BCUT2D eigenvalue weighted by molar-refractivity contribution is 7.90. The van der Waals surface area contributed by atoms with Gasteiger partial charge in [-0.2, -0.15) is 17.9 Å². The van der Waals surface area contributed by atoms with Crippen molar-refractivity contribution >= 4 is 20.0 Å². The Morgan fingerprint density at radius 1 is 0.767 bits per heavy atom. The van der Waals surface area contributed by atoms with E-state index in [2.05, 4.69) is 0 Å². The van der Waals surface area contributed by atoms with E-state index in [9.17, 15) is 30.0 Å². The predicted molar refractivity (Wildman–Crippen MR) is 107 cm³/mol. The van der Waals surface area contributed by atoms with Crippen LogP contribution in [0.3, 0.4) is 0 Å². The number of hydrogen-bond acceptors (Lipinski definition) is 4. The maximum absolute atomic E-state index is 14.0. The molecule has 0 bridgehead atoms. The van der Waals surface area contributed by atoms with Crippen LogP contribution in [0.2, 0.25) is 0 Å². The summed E-state index contributed by atoms with van der Waals surface area (Å²) in [7, 11) is -8.86. The molecular weight excluding hydrogens is 441 g/mol. The molecule has 11 heteroatoms. The second kappa shape index (κ2) is 8.66. The van der Waals surface area contributed by atoms with Crippen LogP contribution in [-0.2, 0) is 20.0 Å². The van der Waals surface area contributed by atoms with Crippen LogP contribution in [0.4, 0.5) is 13.2 Å². The van der Waals surface area contributed by atoms with Gasteiger partial charge in [0.2, 0.25) is 20.0 Å². The van der Waals surface area contributed by atoms with Crippen LogP contribution >= 0.6 is 0 Å². The average Bonchev–Trinajstić information content (AvgIpc) is 2.65. The Kier molecular flexibility index (Phi) is 7.02. The van der Waals surface area contributed by atoms with Gasteiger partial charge in [-0.25, -0.2) is 21.6 Å². The molecule has 2 aromatic carbocycles. The van der Waals surface area contributed by atoms with E-state index < -0.39 is 44.7 Å². The first-order valence-electron chi connectivity index (χ1n) is 8.96. The normalized spacial score (nSPS) is 15.0. The third-order valence-corrected chi connectivity index (χ3v) is 7.67. The molecule has 0 unspecified atom stereocenters. The van der Waals surface area contributed by atoms with Crippen molar-refractivity contribution in [2.45, 2.75) is 48.7 Å². The molecule has 1 atom stereocenters. The van der Waals surface area contributed by atoms with E-state index >= 15 is 0 Å². The summed E-state index contributed by atoms with van der Waals surface area (Å²) in [6, 6.07) is 10.8. The van der Waals surface area contributed by atoms with Crippen LogP contribution in [-0.4, -0.2) is 35.1 Å². The molecule has 30 heavy (non-hydrogen) atoms. The molecule has 166 valence electrons. The minimum atomic E-state index is -5.06. The van der Waals surface area contributed by atoms with Gasteiger partial charge < -0.3 is 0 Å². The second-order valence-electron chi connectivity index (χ2n) is 6.99. The quantitative estimate of drug-likeness (QED) is 0.627. The first kappa shape index (κ1) is 24.3. The van der Waals surface area contributed by atoms with Crippen LogP contribution in [0, 0.1) is 13.8 Å². The van der Waals surface area contributed by atoms with Crippen molar-refractivity contribution in [1.82, 2.24) is 9.44 Å². The minimum Gasteiger partial charge on any atom is -0.209 e. The van der Waals surface area contributed by atoms with Crippen molar-refractivity contribution in [2.75, 3.05) is 6.54 Å².